The van der Waals surface area contributed by atoms with Crippen LogP contribution in [0, 0.1) is 5.82 Å². The van der Waals surface area contributed by atoms with Crippen LogP contribution in [0.25, 0.3) is 5.69 Å². The topological polar surface area (TPSA) is 47.4 Å². The Morgan fingerprint density at radius 3 is 2.45 bits per heavy atom. The molecule has 0 aliphatic heterocycles. The third-order valence-electron chi connectivity index (χ3n) is 4.24. The average Bonchev–Trinajstić information content (AvgIpc) is 3.14. The smallest absolute Gasteiger partial charge is 0.416 e. The molecular formula is C20H17F4N3O2. The zero-order chi connectivity index (χ0) is 21.2. The average molecular weight is 407 g/mol. The first-order valence-electron chi connectivity index (χ1n) is 8.63. The number of amides is 1. The number of carbonyl (C=O) groups is 1. The van der Waals surface area contributed by atoms with Gasteiger partial charge in [0.15, 0.2) is 11.4 Å². The molecule has 0 fully saturated rings. The minimum Gasteiger partial charge on any atom is -0.493 e. The summed E-state index contributed by atoms with van der Waals surface area (Å²) in [6.45, 7) is 2.00. The lowest BCUT2D eigenvalue weighted by atomic mass is 10.2. The molecule has 0 bridgehead atoms. The Balaban J connectivity index is 2.00. The maximum absolute atomic E-state index is 13.2. The Hall–Kier alpha value is -3.36. The van der Waals surface area contributed by atoms with Gasteiger partial charge in [-0.3, -0.25) is 4.79 Å². The lowest BCUT2D eigenvalue weighted by molar-refractivity contribution is -0.137. The van der Waals surface area contributed by atoms with Crippen molar-refractivity contribution in [3.05, 3.63) is 71.8 Å². The van der Waals surface area contributed by atoms with Crippen molar-refractivity contribution >= 4 is 11.6 Å². The third kappa shape index (κ3) is 4.23. The van der Waals surface area contributed by atoms with Gasteiger partial charge in [-0.25, -0.2) is 9.07 Å². The van der Waals surface area contributed by atoms with Gasteiger partial charge in [-0.05, 0) is 49.4 Å². The molecule has 0 unspecified atom stereocenters. The molecule has 9 heteroatoms. The van der Waals surface area contributed by atoms with Crippen LogP contribution in [0.2, 0.25) is 0 Å². The van der Waals surface area contributed by atoms with Gasteiger partial charge in [-0.15, -0.1) is 0 Å². The number of carbonyl (C=O) groups excluding carboxylic acids is 1. The number of alkyl halides is 3. The number of rotatable bonds is 5. The summed E-state index contributed by atoms with van der Waals surface area (Å²) < 4.78 is 58.5. The van der Waals surface area contributed by atoms with E-state index in [1.54, 1.807) is 6.92 Å². The number of nitrogens with zero attached hydrogens (tertiary/aromatic N) is 3. The van der Waals surface area contributed by atoms with Crippen LogP contribution in [0.3, 0.4) is 0 Å². The first-order chi connectivity index (χ1) is 13.7. The number of aromatic nitrogens is 2. The van der Waals surface area contributed by atoms with E-state index in [9.17, 15) is 22.4 Å². The maximum atomic E-state index is 13.2. The van der Waals surface area contributed by atoms with Gasteiger partial charge in [0.2, 0.25) is 0 Å². The van der Waals surface area contributed by atoms with E-state index in [-0.39, 0.29) is 23.7 Å². The molecule has 1 aromatic heterocycles. The normalized spacial score (nSPS) is 11.4. The lowest BCUT2D eigenvalue weighted by Crippen LogP contribution is -2.31. The van der Waals surface area contributed by atoms with Crippen molar-refractivity contribution in [3.8, 4) is 11.4 Å². The molecule has 3 rings (SSSR count). The van der Waals surface area contributed by atoms with Gasteiger partial charge in [0.1, 0.15) is 5.82 Å². The monoisotopic (exact) mass is 407 g/mol. The second kappa shape index (κ2) is 7.94. The number of benzene rings is 2. The highest BCUT2D eigenvalue weighted by Gasteiger charge is 2.31. The zero-order valence-corrected chi connectivity index (χ0v) is 15.6. The number of methoxy groups -OCH3 is 1. The van der Waals surface area contributed by atoms with E-state index >= 15 is 0 Å². The Bertz CT molecular complexity index is 1010. The molecule has 5 nitrogen and oxygen atoms in total. The van der Waals surface area contributed by atoms with Gasteiger partial charge in [0.25, 0.3) is 5.91 Å². The molecule has 29 heavy (non-hydrogen) atoms. The Morgan fingerprint density at radius 2 is 1.86 bits per heavy atom. The fourth-order valence-electron chi connectivity index (χ4n) is 2.80. The summed E-state index contributed by atoms with van der Waals surface area (Å²) in [5.41, 5.74) is -0.327. The van der Waals surface area contributed by atoms with E-state index in [0.717, 1.165) is 16.8 Å². The van der Waals surface area contributed by atoms with E-state index in [1.807, 2.05) is 0 Å². The summed E-state index contributed by atoms with van der Waals surface area (Å²) in [6, 6.07) is 9.92. The second-order valence-electron chi connectivity index (χ2n) is 6.06. The summed E-state index contributed by atoms with van der Waals surface area (Å²) in [5, 5.41) is 4.15. The lowest BCUT2D eigenvalue weighted by Gasteiger charge is -2.20. The van der Waals surface area contributed by atoms with Crippen molar-refractivity contribution in [1.82, 2.24) is 9.78 Å². The Labute approximate surface area is 164 Å². The van der Waals surface area contributed by atoms with Crippen molar-refractivity contribution in [2.24, 2.45) is 0 Å². The largest absolute Gasteiger partial charge is 0.493 e. The highest BCUT2D eigenvalue weighted by molar-refractivity contribution is 6.06. The van der Waals surface area contributed by atoms with Crippen molar-refractivity contribution in [2.75, 3.05) is 18.6 Å². The van der Waals surface area contributed by atoms with Gasteiger partial charge >= 0.3 is 6.18 Å². The second-order valence-corrected chi connectivity index (χ2v) is 6.06. The van der Waals surface area contributed by atoms with E-state index in [2.05, 4.69) is 5.10 Å². The number of anilines is 1. The first kappa shape index (κ1) is 20.4. The SMILES string of the molecule is CCN(C(=O)c1nn(-c2cccc(C(F)(F)F)c2)cc1OC)c1ccc(F)cc1. The molecule has 152 valence electrons. The maximum Gasteiger partial charge on any atom is 0.416 e. The number of ether oxygens (including phenoxy) is 1. The van der Waals surface area contributed by atoms with Crippen LogP contribution < -0.4 is 9.64 Å². The van der Waals surface area contributed by atoms with E-state index in [4.69, 9.17) is 4.74 Å². The standard InChI is InChI=1S/C20H17F4N3O2/c1-3-26(15-9-7-14(21)8-10-15)19(28)18-17(29-2)12-27(25-18)16-6-4-5-13(11-16)20(22,23)24/h4-12H,3H2,1-2H3. The third-order valence-corrected chi connectivity index (χ3v) is 4.24. The quantitative estimate of drug-likeness (QED) is 0.576. The molecule has 0 atom stereocenters. The van der Waals surface area contributed by atoms with Crippen molar-refractivity contribution < 1.29 is 27.1 Å². The predicted octanol–water partition coefficient (Wildman–Crippen LogP) is 4.71. The van der Waals surface area contributed by atoms with Crippen molar-refractivity contribution in [1.29, 1.82) is 0 Å². The van der Waals surface area contributed by atoms with E-state index in [0.29, 0.717) is 5.69 Å². The van der Waals surface area contributed by atoms with Gasteiger partial charge in [-0.1, -0.05) is 6.07 Å². The molecule has 0 aliphatic rings. The molecule has 0 N–H and O–H groups in total. The van der Waals surface area contributed by atoms with Gasteiger partial charge in [0.05, 0.1) is 24.6 Å². The molecule has 0 spiro atoms. The Morgan fingerprint density at radius 1 is 1.17 bits per heavy atom. The van der Waals surface area contributed by atoms with E-state index < -0.39 is 23.5 Å². The number of halogens is 4. The van der Waals surface area contributed by atoms with Crippen LogP contribution in [-0.4, -0.2) is 29.3 Å². The van der Waals surface area contributed by atoms with Crippen LogP contribution in [-0.2, 0) is 6.18 Å². The molecular weight excluding hydrogens is 390 g/mol. The minimum absolute atomic E-state index is 0.0731. The summed E-state index contributed by atoms with van der Waals surface area (Å²) in [6.07, 6.45) is -3.17. The van der Waals surface area contributed by atoms with Gasteiger partial charge < -0.3 is 9.64 Å². The fourth-order valence-corrected chi connectivity index (χ4v) is 2.80. The summed E-state index contributed by atoms with van der Waals surface area (Å²) in [4.78, 5) is 14.4. The predicted molar refractivity (Wildman–Crippen MR) is 98.9 cm³/mol. The summed E-state index contributed by atoms with van der Waals surface area (Å²) in [5.74, 6) is -0.863. The minimum atomic E-state index is -4.51. The molecule has 2 aromatic carbocycles. The molecule has 1 amide bonds. The van der Waals surface area contributed by atoms with Gasteiger partial charge in [-0.2, -0.15) is 18.3 Å². The van der Waals surface area contributed by atoms with Crippen LogP contribution in [0.5, 0.6) is 5.75 Å². The van der Waals surface area contributed by atoms with Crippen LogP contribution in [0.4, 0.5) is 23.2 Å². The molecule has 0 saturated carbocycles. The number of hydrogen-bond donors (Lipinski definition) is 0. The fraction of sp³-hybridized carbons (Fsp3) is 0.200. The van der Waals surface area contributed by atoms with Crippen molar-refractivity contribution in [3.63, 3.8) is 0 Å². The molecule has 0 radical (unpaired) electrons. The van der Waals surface area contributed by atoms with E-state index in [1.165, 1.54) is 54.6 Å². The first-order valence-corrected chi connectivity index (χ1v) is 8.63. The summed E-state index contributed by atoms with van der Waals surface area (Å²) >= 11 is 0. The highest BCUT2D eigenvalue weighted by atomic mass is 19.4. The zero-order valence-electron chi connectivity index (χ0n) is 15.6. The van der Waals surface area contributed by atoms with Gasteiger partial charge in [0, 0.05) is 12.2 Å². The molecule has 0 aliphatic carbocycles. The van der Waals surface area contributed by atoms with Crippen LogP contribution in [0.1, 0.15) is 23.0 Å². The summed E-state index contributed by atoms with van der Waals surface area (Å²) in [7, 11) is 1.33. The Kier molecular flexibility index (Phi) is 5.58. The molecule has 1 heterocycles. The highest BCUT2D eigenvalue weighted by Crippen LogP contribution is 2.31. The molecule has 3 aromatic rings. The van der Waals surface area contributed by atoms with Crippen molar-refractivity contribution in [2.45, 2.75) is 13.1 Å². The number of hydrogen-bond acceptors (Lipinski definition) is 3. The molecule has 0 saturated heterocycles. The van der Waals surface area contributed by atoms with Crippen LogP contribution >= 0.6 is 0 Å². The van der Waals surface area contributed by atoms with Crippen LogP contribution in [0.15, 0.2) is 54.7 Å².